The van der Waals surface area contributed by atoms with Gasteiger partial charge in [-0.05, 0) is 67.6 Å². The second-order valence-corrected chi connectivity index (χ2v) is 12.2. The van der Waals surface area contributed by atoms with E-state index in [9.17, 15) is 22.8 Å². The first-order valence-corrected chi connectivity index (χ1v) is 15.1. The van der Waals surface area contributed by atoms with Gasteiger partial charge >= 0.3 is 12.1 Å². The zero-order chi connectivity index (χ0) is 31.1. The fourth-order valence-electron chi connectivity index (χ4n) is 6.89. The van der Waals surface area contributed by atoms with Gasteiger partial charge in [0.15, 0.2) is 0 Å². The standard InChI is InChI=1S/C31H41N3O2.C2HF3O2/c1-22-9-8-10-23(2)30(22)31(36)34-20-26-18-33(19-27(26)21-34)28(25-13-4-3-5-14-25)15-16-32-29(35)17-24-11-6-7-12-24;3-2(4,5)1(6)7/h3-5,8-10,13-14,24,26-28H,6-7,11-12,15-21H2,1-2H3,(H,32,35);(H,6,7)/t26?,27?,28-;/m0./s1. The zero-order valence-corrected chi connectivity index (χ0v) is 24.9. The molecule has 0 aromatic heterocycles. The van der Waals surface area contributed by atoms with Crippen molar-refractivity contribution < 1.29 is 32.7 Å². The fourth-order valence-corrected chi connectivity index (χ4v) is 6.89. The van der Waals surface area contributed by atoms with E-state index >= 15 is 0 Å². The first-order valence-electron chi connectivity index (χ1n) is 15.1. The molecule has 7 nitrogen and oxygen atoms in total. The lowest BCUT2D eigenvalue weighted by Crippen LogP contribution is -2.36. The van der Waals surface area contributed by atoms with E-state index in [0.717, 1.165) is 49.3 Å². The van der Waals surface area contributed by atoms with E-state index < -0.39 is 12.1 Å². The highest BCUT2D eigenvalue weighted by molar-refractivity contribution is 5.97. The molecular weight excluding hydrogens is 559 g/mol. The molecule has 2 heterocycles. The summed E-state index contributed by atoms with van der Waals surface area (Å²) >= 11 is 0. The van der Waals surface area contributed by atoms with Gasteiger partial charge in [-0.2, -0.15) is 13.2 Å². The first kappa shape index (κ1) is 32.5. The van der Waals surface area contributed by atoms with Crippen molar-refractivity contribution in [3.63, 3.8) is 0 Å². The molecule has 5 rings (SSSR count). The van der Waals surface area contributed by atoms with Crippen LogP contribution in [0.1, 0.15) is 71.6 Å². The molecule has 3 atom stereocenters. The third-order valence-corrected chi connectivity index (χ3v) is 9.05. The van der Waals surface area contributed by atoms with Crippen LogP contribution in [-0.4, -0.2) is 71.6 Å². The molecule has 2 saturated heterocycles. The number of carbonyl (C=O) groups is 3. The van der Waals surface area contributed by atoms with Crippen molar-refractivity contribution in [3.05, 3.63) is 70.8 Å². The summed E-state index contributed by atoms with van der Waals surface area (Å²) in [5.41, 5.74) is 4.34. The molecule has 43 heavy (non-hydrogen) atoms. The summed E-state index contributed by atoms with van der Waals surface area (Å²) in [6.45, 7) is 8.49. The lowest BCUT2D eigenvalue weighted by atomic mass is 10.0. The number of amides is 2. The summed E-state index contributed by atoms with van der Waals surface area (Å²) in [5.74, 6) is -0.735. The van der Waals surface area contributed by atoms with Crippen molar-refractivity contribution in [1.29, 1.82) is 0 Å². The highest BCUT2D eigenvalue weighted by Crippen LogP contribution is 2.38. The Bertz CT molecular complexity index is 1230. The molecule has 2 aromatic rings. The molecule has 2 amide bonds. The van der Waals surface area contributed by atoms with Crippen LogP contribution in [0.4, 0.5) is 13.2 Å². The Morgan fingerprint density at radius 2 is 1.47 bits per heavy atom. The zero-order valence-electron chi connectivity index (χ0n) is 24.9. The molecule has 0 bridgehead atoms. The number of aryl methyl sites for hydroxylation is 2. The smallest absolute Gasteiger partial charge is 0.475 e. The van der Waals surface area contributed by atoms with Crippen molar-refractivity contribution >= 4 is 17.8 Å². The maximum absolute atomic E-state index is 13.4. The molecule has 1 saturated carbocycles. The molecular formula is C33H42F3N3O4. The maximum Gasteiger partial charge on any atom is 0.490 e. The van der Waals surface area contributed by atoms with Crippen LogP contribution in [0.15, 0.2) is 48.5 Å². The van der Waals surface area contributed by atoms with Crippen molar-refractivity contribution in [2.75, 3.05) is 32.7 Å². The third-order valence-electron chi connectivity index (χ3n) is 9.05. The third kappa shape index (κ3) is 8.59. The molecule has 2 unspecified atom stereocenters. The number of nitrogens with zero attached hydrogens (tertiary/aromatic N) is 2. The highest BCUT2D eigenvalue weighted by Gasteiger charge is 2.44. The monoisotopic (exact) mass is 601 g/mol. The van der Waals surface area contributed by atoms with E-state index in [4.69, 9.17) is 9.90 Å². The minimum atomic E-state index is -5.08. The number of carbonyl (C=O) groups excluding carboxylic acids is 2. The van der Waals surface area contributed by atoms with Gasteiger partial charge in [-0.15, -0.1) is 0 Å². The van der Waals surface area contributed by atoms with E-state index in [1.165, 1.54) is 31.2 Å². The van der Waals surface area contributed by atoms with Gasteiger partial charge in [0.25, 0.3) is 5.91 Å². The lowest BCUT2D eigenvalue weighted by Gasteiger charge is -2.30. The van der Waals surface area contributed by atoms with Crippen LogP contribution < -0.4 is 5.32 Å². The predicted octanol–water partition coefficient (Wildman–Crippen LogP) is 5.77. The van der Waals surface area contributed by atoms with E-state index in [-0.39, 0.29) is 11.8 Å². The second kappa shape index (κ2) is 14.4. The molecule has 2 aromatic carbocycles. The number of hydrogen-bond donors (Lipinski definition) is 2. The normalized spacial score (nSPS) is 21.2. The Morgan fingerprint density at radius 3 is 2.00 bits per heavy atom. The summed E-state index contributed by atoms with van der Waals surface area (Å²) in [5, 5.41) is 10.3. The van der Waals surface area contributed by atoms with Gasteiger partial charge < -0.3 is 15.3 Å². The maximum atomic E-state index is 13.4. The number of nitrogens with one attached hydrogen (secondary N) is 1. The van der Waals surface area contributed by atoms with Gasteiger partial charge in [-0.3, -0.25) is 14.5 Å². The summed E-state index contributed by atoms with van der Waals surface area (Å²) in [4.78, 5) is 39.4. The number of alkyl halides is 3. The van der Waals surface area contributed by atoms with Gasteiger partial charge in [0.1, 0.15) is 0 Å². The van der Waals surface area contributed by atoms with E-state index in [0.29, 0.717) is 36.8 Å². The van der Waals surface area contributed by atoms with Gasteiger partial charge in [-0.25, -0.2) is 4.79 Å². The van der Waals surface area contributed by atoms with Crippen LogP contribution in [0.5, 0.6) is 0 Å². The predicted molar refractivity (Wildman–Crippen MR) is 157 cm³/mol. The number of benzene rings is 2. The number of aliphatic carboxylic acids is 1. The van der Waals surface area contributed by atoms with E-state index in [1.807, 2.05) is 32.0 Å². The van der Waals surface area contributed by atoms with Crippen LogP contribution in [0.25, 0.3) is 0 Å². The fraction of sp³-hybridized carbons (Fsp3) is 0.545. The summed E-state index contributed by atoms with van der Waals surface area (Å²) < 4.78 is 31.7. The Balaban J connectivity index is 0.000000541. The first-order chi connectivity index (χ1) is 20.4. The van der Waals surface area contributed by atoms with E-state index in [2.05, 4.69) is 45.4 Å². The minimum absolute atomic E-state index is 0.191. The second-order valence-electron chi connectivity index (χ2n) is 12.2. The van der Waals surface area contributed by atoms with Gasteiger partial charge in [0, 0.05) is 50.7 Å². The molecule has 1 aliphatic carbocycles. The Hall–Kier alpha value is -3.40. The summed E-state index contributed by atoms with van der Waals surface area (Å²) in [7, 11) is 0. The number of likely N-dealkylation sites (tertiary alicyclic amines) is 2. The molecule has 3 fully saturated rings. The molecule has 2 N–H and O–H groups in total. The SMILES string of the molecule is Cc1cccc(C)c1C(=O)N1CC2CN([C@@H](CCNC(=O)CC3CCCC3)c3ccccc3)CC2C1.O=C(O)C(F)(F)F. The van der Waals surface area contributed by atoms with E-state index in [1.54, 1.807) is 0 Å². The molecule has 2 aliphatic heterocycles. The Morgan fingerprint density at radius 1 is 0.907 bits per heavy atom. The Labute approximate surface area is 251 Å². The van der Waals surface area contributed by atoms with Crippen LogP contribution in [-0.2, 0) is 9.59 Å². The summed E-state index contributed by atoms with van der Waals surface area (Å²) in [6.07, 6.45) is 1.50. The number of fused-ring (bicyclic) bond motifs is 1. The van der Waals surface area contributed by atoms with Crippen LogP contribution in [0, 0.1) is 31.6 Å². The van der Waals surface area contributed by atoms with Gasteiger partial charge in [0.05, 0.1) is 0 Å². The largest absolute Gasteiger partial charge is 0.490 e. The van der Waals surface area contributed by atoms with Crippen LogP contribution >= 0.6 is 0 Å². The topological polar surface area (TPSA) is 90.0 Å². The van der Waals surface area contributed by atoms with Crippen molar-refractivity contribution in [2.45, 2.75) is 64.6 Å². The molecule has 234 valence electrons. The van der Waals surface area contributed by atoms with Gasteiger partial charge in [0.2, 0.25) is 5.91 Å². The molecule has 0 radical (unpaired) electrons. The highest BCUT2D eigenvalue weighted by atomic mass is 19.4. The van der Waals surface area contributed by atoms with Crippen LogP contribution in [0.2, 0.25) is 0 Å². The molecule has 0 spiro atoms. The Kier molecular flexibility index (Phi) is 10.9. The van der Waals surface area contributed by atoms with Gasteiger partial charge in [-0.1, -0.05) is 61.4 Å². The molecule has 3 aliphatic rings. The van der Waals surface area contributed by atoms with Crippen molar-refractivity contribution in [2.24, 2.45) is 17.8 Å². The summed E-state index contributed by atoms with van der Waals surface area (Å²) in [6, 6.07) is 17.1. The minimum Gasteiger partial charge on any atom is -0.475 e. The van der Waals surface area contributed by atoms with Crippen LogP contribution in [0.3, 0.4) is 0 Å². The average Bonchev–Trinajstić information content (AvgIpc) is 3.69. The number of halogens is 3. The number of hydrogen-bond acceptors (Lipinski definition) is 4. The lowest BCUT2D eigenvalue weighted by molar-refractivity contribution is -0.192. The quantitative estimate of drug-likeness (QED) is 0.401. The number of rotatable bonds is 8. The number of carboxylic acids is 1. The van der Waals surface area contributed by atoms with Crippen molar-refractivity contribution in [1.82, 2.24) is 15.1 Å². The number of carboxylic acid groups (broad SMARTS) is 1. The molecule has 10 heteroatoms. The average molecular weight is 602 g/mol. The van der Waals surface area contributed by atoms with Crippen molar-refractivity contribution in [3.8, 4) is 0 Å².